The van der Waals surface area contributed by atoms with Crippen molar-refractivity contribution >= 4 is 0 Å². The van der Waals surface area contributed by atoms with Gasteiger partial charge in [-0.1, -0.05) is 152 Å². The van der Waals surface area contributed by atoms with Crippen LogP contribution in [0.3, 0.4) is 0 Å². The second-order valence-electron chi connectivity index (χ2n) is 13.6. The quantitative estimate of drug-likeness (QED) is 0.0659. The molecule has 0 aliphatic heterocycles. The Labute approximate surface area is 264 Å². The zero-order valence-electron chi connectivity index (χ0n) is 28.6. The predicted molar refractivity (Wildman–Crippen MR) is 190 cm³/mol. The van der Waals surface area contributed by atoms with Crippen molar-refractivity contribution in [1.82, 2.24) is 0 Å². The second kappa shape index (κ2) is 30.0. The van der Waals surface area contributed by atoms with Crippen LogP contribution in [-0.2, 0) is 0 Å². The Bertz CT molecular complexity index is 620. The molecule has 1 rings (SSSR count). The van der Waals surface area contributed by atoms with Gasteiger partial charge in [0.05, 0.1) is 6.10 Å². The van der Waals surface area contributed by atoms with E-state index in [1.807, 2.05) is 0 Å². The van der Waals surface area contributed by atoms with Gasteiger partial charge in [-0.05, 0) is 102 Å². The summed E-state index contributed by atoms with van der Waals surface area (Å²) in [6, 6.07) is 0. The largest absolute Gasteiger partial charge is 0.393 e. The number of rotatable bonds is 30. The van der Waals surface area contributed by atoms with Gasteiger partial charge in [0.1, 0.15) is 0 Å². The van der Waals surface area contributed by atoms with Gasteiger partial charge in [0.15, 0.2) is 0 Å². The van der Waals surface area contributed by atoms with E-state index in [0.29, 0.717) is 5.41 Å². The number of allylic oxidation sites excluding steroid dienone is 8. The summed E-state index contributed by atoms with van der Waals surface area (Å²) in [5, 5.41) is 10.3. The molecule has 0 spiro atoms. The lowest BCUT2D eigenvalue weighted by atomic mass is 9.76. The Morgan fingerprint density at radius 2 is 0.833 bits per heavy atom. The summed E-state index contributed by atoms with van der Waals surface area (Å²) in [6.07, 6.45) is 56.8. The Morgan fingerprint density at radius 1 is 0.476 bits per heavy atom. The van der Waals surface area contributed by atoms with Crippen LogP contribution in [0, 0.1) is 5.41 Å². The van der Waals surface area contributed by atoms with E-state index in [-0.39, 0.29) is 6.10 Å². The molecular weight excluding hydrogens is 508 g/mol. The molecule has 1 aliphatic rings. The van der Waals surface area contributed by atoms with E-state index in [0.717, 1.165) is 25.7 Å². The fourth-order valence-corrected chi connectivity index (χ4v) is 6.73. The third kappa shape index (κ3) is 24.4. The molecule has 1 atom stereocenters. The van der Waals surface area contributed by atoms with Gasteiger partial charge >= 0.3 is 0 Å². The monoisotopic (exact) mass is 583 g/mol. The molecule has 1 heteroatoms. The highest BCUT2D eigenvalue weighted by molar-refractivity contribution is 4.93. The summed E-state index contributed by atoms with van der Waals surface area (Å²) >= 11 is 0. The highest BCUT2D eigenvalue weighted by Crippen LogP contribution is 2.46. The molecular formula is C41H74O. The molecule has 0 aromatic heterocycles. The van der Waals surface area contributed by atoms with Crippen molar-refractivity contribution in [3.63, 3.8) is 0 Å². The fraction of sp³-hybridized carbons (Fsp3) is 0.805. The Morgan fingerprint density at radius 3 is 1.19 bits per heavy atom. The maximum absolute atomic E-state index is 10.3. The zero-order chi connectivity index (χ0) is 30.2. The Kier molecular flexibility index (Phi) is 27.8. The molecule has 1 N–H and O–H groups in total. The van der Waals surface area contributed by atoms with E-state index in [1.165, 1.54) is 161 Å². The van der Waals surface area contributed by atoms with E-state index >= 15 is 0 Å². The molecule has 1 fully saturated rings. The third-order valence-electron chi connectivity index (χ3n) is 9.49. The normalized spacial score (nSPS) is 17.3. The molecule has 0 saturated heterocycles. The summed E-state index contributed by atoms with van der Waals surface area (Å²) in [6.45, 7) is 4.54. The average Bonchev–Trinajstić information content (AvgIpc) is 3.37. The minimum absolute atomic E-state index is 0.0285. The molecule has 0 radical (unpaired) electrons. The summed E-state index contributed by atoms with van der Waals surface area (Å²) in [5.41, 5.74) is 0.462. The van der Waals surface area contributed by atoms with Gasteiger partial charge in [-0.15, -0.1) is 0 Å². The molecule has 0 heterocycles. The fourth-order valence-electron chi connectivity index (χ4n) is 6.73. The van der Waals surface area contributed by atoms with Gasteiger partial charge in [0.25, 0.3) is 0 Å². The van der Waals surface area contributed by atoms with Gasteiger partial charge in [-0.25, -0.2) is 0 Å². The second-order valence-corrected chi connectivity index (χ2v) is 13.6. The summed E-state index contributed by atoms with van der Waals surface area (Å²) in [4.78, 5) is 0. The van der Waals surface area contributed by atoms with Crippen molar-refractivity contribution in [2.24, 2.45) is 5.41 Å². The van der Waals surface area contributed by atoms with E-state index in [1.54, 1.807) is 0 Å². The Hall–Kier alpha value is -1.08. The standard InChI is InChI=1S/C41H74O/c1-3-5-7-9-11-13-15-17-19-21-23-25-27-29-31-33-36-41(38-35-40(42)39-41)37-34-32-30-28-26-24-22-20-18-16-14-12-10-8-6-4-2/h11-14,17-20,40,42H,3-10,15-16,21-39H2,1-2H3/b13-11-,14-12-,19-17-,20-18-. The van der Waals surface area contributed by atoms with Crippen LogP contribution < -0.4 is 0 Å². The molecule has 1 saturated carbocycles. The molecule has 0 amide bonds. The third-order valence-corrected chi connectivity index (χ3v) is 9.49. The number of aliphatic hydroxyl groups is 1. The molecule has 42 heavy (non-hydrogen) atoms. The molecule has 244 valence electrons. The van der Waals surface area contributed by atoms with Crippen LogP contribution in [0.2, 0.25) is 0 Å². The zero-order valence-corrected chi connectivity index (χ0v) is 28.6. The van der Waals surface area contributed by atoms with Crippen molar-refractivity contribution in [3.8, 4) is 0 Å². The van der Waals surface area contributed by atoms with Crippen molar-refractivity contribution < 1.29 is 5.11 Å². The van der Waals surface area contributed by atoms with Gasteiger partial charge in [0.2, 0.25) is 0 Å². The first-order valence-electron chi connectivity index (χ1n) is 19.0. The summed E-state index contributed by atoms with van der Waals surface area (Å²) < 4.78 is 0. The molecule has 1 unspecified atom stereocenters. The van der Waals surface area contributed by atoms with E-state index < -0.39 is 0 Å². The summed E-state index contributed by atoms with van der Waals surface area (Å²) in [7, 11) is 0. The number of aliphatic hydroxyl groups excluding tert-OH is 1. The van der Waals surface area contributed by atoms with Crippen molar-refractivity contribution in [2.75, 3.05) is 0 Å². The summed E-state index contributed by atoms with van der Waals surface area (Å²) in [5.74, 6) is 0. The maximum Gasteiger partial charge on any atom is 0.0545 e. The van der Waals surface area contributed by atoms with E-state index in [9.17, 15) is 5.11 Å². The first-order chi connectivity index (χ1) is 20.7. The van der Waals surface area contributed by atoms with Gasteiger partial charge in [-0.2, -0.15) is 0 Å². The lowest BCUT2D eigenvalue weighted by Crippen LogP contribution is -2.18. The number of unbranched alkanes of at least 4 members (excludes halogenated alkanes) is 18. The first kappa shape index (κ1) is 38.9. The van der Waals surface area contributed by atoms with E-state index in [2.05, 4.69) is 62.5 Å². The van der Waals surface area contributed by atoms with Crippen molar-refractivity contribution in [1.29, 1.82) is 0 Å². The lowest BCUT2D eigenvalue weighted by Gasteiger charge is -2.29. The SMILES string of the molecule is CCCCC/C=C\C/C=C\CCCCCCCCC1(CCCCCCCC/C=C\C/C=C\CCCCC)CCC(O)C1. The van der Waals surface area contributed by atoms with Crippen LogP contribution in [-0.4, -0.2) is 11.2 Å². The highest BCUT2D eigenvalue weighted by atomic mass is 16.3. The van der Waals surface area contributed by atoms with Crippen LogP contribution in [0.4, 0.5) is 0 Å². The van der Waals surface area contributed by atoms with Crippen LogP contribution >= 0.6 is 0 Å². The first-order valence-corrected chi connectivity index (χ1v) is 19.0. The number of hydrogen-bond acceptors (Lipinski definition) is 1. The smallest absolute Gasteiger partial charge is 0.0545 e. The lowest BCUT2D eigenvalue weighted by molar-refractivity contribution is 0.145. The van der Waals surface area contributed by atoms with Crippen LogP contribution in [0.15, 0.2) is 48.6 Å². The maximum atomic E-state index is 10.3. The molecule has 0 aromatic rings. The van der Waals surface area contributed by atoms with Crippen LogP contribution in [0.1, 0.15) is 200 Å². The molecule has 1 nitrogen and oxygen atoms in total. The highest BCUT2D eigenvalue weighted by Gasteiger charge is 2.37. The van der Waals surface area contributed by atoms with E-state index in [4.69, 9.17) is 0 Å². The van der Waals surface area contributed by atoms with Crippen LogP contribution in [0.5, 0.6) is 0 Å². The molecule has 0 bridgehead atoms. The average molecular weight is 583 g/mol. The van der Waals surface area contributed by atoms with Crippen molar-refractivity contribution in [2.45, 2.75) is 206 Å². The Balaban J connectivity index is 1.99. The topological polar surface area (TPSA) is 20.2 Å². The predicted octanol–water partition coefficient (Wildman–Crippen LogP) is 13.9. The van der Waals surface area contributed by atoms with Gasteiger partial charge in [-0.3, -0.25) is 0 Å². The van der Waals surface area contributed by atoms with Gasteiger partial charge in [0, 0.05) is 0 Å². The molecule has 1 aliphatic carbocycles. The molecule has 0 aromatic carbocycles. The minimum atomic E-state index is -0.0285. The van der Waals surface area contributed by atoms with Crippen molar-refractivity contribution in [3.05, 3.63) is 48.6 Å². The number of hydrogen-bond donors (Lipinski definition) is 1. The minimum Gasteiger partial charge on any atom is -0.393 e. The van der Waals surface area contributed by atoms with Crippen LogP contribution in [0.25, 0.3) is 0 Å². The van der Waals surface area contributed by atoms with Gasteiger partial charge < -0.3 is 5.11 Å².